The molecule has 3 aromatic rings. The SMILES string of the molecule is CCOCOc1c(-c2nnc(N[C@@H]3CCCOC3)c3ccccc23)ccc(C=O)c1F. The Hall–Kier alpha value is -3.10. The predicted molar refractivity (Wildman–Crippen MR) is 115 cm³/mol. The first-order valence-corrected chi connectivity index (χ1v) is 10.3. The van der Waals surface area contributed by atoms with Gasteiger partial charge in [-0.2, -0.15) is 0 Å². The quantitative estimate of drug-likeness (QED) is 0.329. The van der Waals surface area contributed by atoms with Gasteiger partial charge in [0.25, 0.3) is 0 Å². The molecule has 0 spiro atoms. The van der Waals surface area contributed by atoms with Crippen molar-refractivity contribution in [3.8, 4) is 17.0 Å². The van der Waals surface area contributed by atoms with Crippen molar-refractivity contribution in [3.63, 3.8) is 0 Å². The summed E-state index contributed by atoms with van der Waals surface area (Å²) in [4.78, 5) is 11.2. The normalized spacial score (nSPS) is 16.3. The molecule has 1 aliphatic heterocycles. The second-order valence-corrected chi connectivity index (χ2v) is 7.22. The van der Waals surface area contributed by atoms with E-state index in [-0.39, 0.29) is 24.1 Å². The second-order valence-electron chi connectivity index (χ2n) is 7.22. The summed E-state index contributed by atoms with van der Waals surface area (Å²) < 4.78 is 31.3. The molecule has 0 amide bonds. The molecule has 162 valence electrons. The predicted octanol–water partition coefficient (Wildman–Crippen LogP) is 4.21. The maximum absolute atomic E-state index is 14.9. The van der Waals surface area contributed by atoms with Crippen LogP contribution in [-0.4, -0.2) is 49.1 Å². The van der Waals surface area contributed by atoms with Crippen LogP contribution in [0.25, 0.3) is 22.0 Å². The topological polar surface area (TPSA) is 82.6 Å². The molecule has 1 fully saturated rings. The molecule has 0 aliphatic carbocycles. The molecule has 1 atom stereocenters. The number of hydrogen-bond donors (Lipinski definition) is 1. The molecule has 1 aromatic heterocycles. The number of nitrogens with zero attached hydrogens (tertiary/aromatic N) is 2. The molecular formula is C23H24FN3O4. The molecule has 2 heterocycles. The first-order chi connectivity index (χ1) is 15.2. The van der Waals surface area contributed by atoms with E-state index in [2.05, 4.69) is 15.5 Å². The van der Waals surface area contributed by atoms with E-state index >= 15 is 0 Å². The fourth-order valence-corrected chi connectivity index (χ4v) is 3.63. The molecule has 1 saturated heterocycles. The molecule has 4 rings (SSSR count). The van der Waals surface area contributed by atoms with Crippen LogP contribution in [-0.2, 0) is 9.47 Å². The highest BCUT2D eigenvalue weighted by molar-refractivity contribution is 6.01. The number of halogens is 1. The highest BCUT2D eigenvalue weighted by atomic mass is 19.1. The van der Waals surface area contributed by atoms with Gasteiger partial charge in [0.15, 0.2) is 30.5 Å². The summed E-state index contributed by atoms with van der Waals surface area (Å²) in [5.41, 5.74) is 0.769. The lowest BCUT2D eigenvalue weighted by Gasteiger charge is -2.24. The molecule has 0 bridgehead atoms. The van der Waals surface area contributed by atoms with Crippen molar-refractivity contribution in [1.29, 1.82) is 0 Å². The van der Waals surface area contributed by atoms with Gasteiger partial charge in [0.05, 0.1) is 18.2 Å². The van der Waals surface area contributed by atoms with Gasteiger partial charge in [-0.15, -0.1) is 10.2 Å². The zero-order chi connectivity index (χ0) is 21.6. The molecule has 1 aliphatic rings. The van der Waals surface area contributed by atoms with E-state index in [0.717, 1.165) is 30.2 Å². The molecule has 0 saturated carbocycles. The number of anilines is 1. The summed E-state index contributed by atoms with van der Waals surface area (Å²) in [7, 11) is 0. The Bertz CT molecular complexity index is 1070. The standard InChI is InChI=1S/C23H24FN3O4/c1-2-29-14-31-22-19(10-9-15(12-28)20(22)24)21-17-7-3-4-8-18(17)23(27-26-21)25-16-6-5-11-30-13-16/h3-4,7-10,12,16H,2,5-6,11,13-14H2,1H3,(H,25,27)/t16-/m1/s1. The lowest BCUT2D eigenvalue weighted by atomic mass is 10.0. The molecule has 2 aromatic carbocycles. The summed E-state index contributed by atoms with van der Waals surface area (Å²) in [5, 5.41) is 13.9. The van der Waals surface area contributed by atoms with E-state index < -0.39 is 5.82 Å². The van der Waals surface area contributed by atoms with Crippen LogP contribution in [0.2, 0.25) is 0 Å². The minimum atomic E-state index is -0.750. The minimum absolute atomic E-state index is 0.0844. The fourth-order valence-electron chi connectivity index (χ4n) is 3.63. The maximum Gasteiger partial charge on any atom is 0.189 e. The van der Waals surface area contributed by atoms with E-state index in [1.807, 2.05) is 31.2 Å². The van der Waals surface area contributed by atoms with Gasteiger partial charge in [-0.3, -0.25) is 4.79 Å². The lowest BCUT2D eigenvalue weighted by molar-refractivity contribution is 0.0204. The average molecular weight is 425 g/mol. The Morgan fingerprint density at radius 2 is 2.06 bits per heavy atom. The Labute approximate surface area is 179 Å². The number of carbonyl (C=O) groups excluding carboxylic acids is 1. The van der Waals surface area contributed by atoms with Crippen LogP contribution in [0.1, 0.15) is 30.1 Å². The van der Waals surface area contributed by atoms with Gasteiger partial charge in [-0.25, -0.2) is 4.39 Å². The van der Waals surface area contributed by atoms with E-state index in [1.54, 1.807) is 6.07 Å². The number of carbonyl (C=O) groups is 1. The third-order valence-electron chi connectivity index (χ3n) is 5.19. The number of nitrogens with one attached hydrogen (secondary N) is 1. The second kappa shape index (κ2) is 9.80. The Morgan fingerprint density at radius 1 is 1.23 bits per heavy atom. The Morgan fingerprint density at radius 3 is 2.81 bits per heavy atom. The van der Waals surface area contributed by atoms with Crippen LogP contribution in [0.4, 0.5) is 10.2 Å². The monoisotopic (exact) mass is 425 g/mol. The zero-order valence-corrected chi connectivity index (χ0v) is 17.3. The number of fused-ring (bicyclic) bond motifs is 1. The molecule has 31 heavy (non-hydrogen) atoms. The smallest absolute Gasteiger partial charge is 0.189 e. The Kier molecular flexibility index (Phi) is 6.69. The summed E-state index contributed by atoms with van der Waals surface area (Å²) in [6, 6.07) is 10.8. The van der Waals surface area contributed by atoms with Gasteiger partial charge >= 0.3 is 0 Å². The molecule has 0 radical (unpaired) electrons. The molecule has 1 N–H and O–H groups in total. The number of ether oxygens (including phenoxy) is 3. The summed E-state index contributed by atoms with van der Waals surface area (Å²) in [6.07, 6.45) is 2.44. The van der Waals surface area contributed by atoms with Gasteiger partial charge in [-0.1, -0.05) is 24.3 Å². The number of aromatic nitrogens is 2. The highest BCUT2D eigenvalue weighted by Crippen LogP contribution is 2.37. The third-order valence-corrected chi connectivity index (χ3v) is 5.19. The van der Waals surface area contributed by atoms with Crippen LogP contribution in [0.3, 0.4) is 0 Å². The van der Waals surface area contributed by atoms with Crippen molar-refractivity contribution in [1.82, 2.24) is 10.2 Å². The average Bonchev–Trinajstić information content (AvgIpc) is 2.81. The van der Waals surface area contributed by atoms with Crippen molar-refractivity contribution in [2.24, 2.45) is 0 Å². The van der Waals surface area contributed by atoms with Crippen molar-refractivity contribution >= 4 is 22.9 Å². The third kappa shape index (κ3) is 4.50. The maximum atomic E-state index is 14.9. The number of rotatable bonds is 8. The van der Waals surface area contributed by atoms with Crippen LogP contribution < -0.4 is 10.1 Å². The van der Waals surface area contributed by atoms with Gasteiger partial charge in [0, 0.05) is 29.5 Å². The van der Waals surface area contributed by atoms with Crippen molar-refractivity contribution < 1.29 is 23.4 Å². The fraction of sp³-hybridized carbons (Fsp3) is 0.348. The molecular weight excluding hydrogens is 401 g/mol. The van der Waals surface area contributed by atoms with E-state index in [4.69, 9.17) is 14.2 Å². The Balaban J connectivity index is 1.78. The molecule has 0 unspecified atom stereocenters. The number of hydrogen-bond acceptors (Lipinski definition) is 7. The summed E-state index contributed by atoms with van der Waals surface area (Å²) in [5.74, 6) is -0.185. The lowest BCUT2D eigenvalue weighted by Crippen LogP contribution is -2.30. The zero-order valence-electron chi connectivity index (χ0n) is 17.3. The van der Waals surface area contributed by atoms with E-state index in [9.17, 15) is 9.18 Å². The van der Waals surface area contributed by atoms with Crippen molar-refractivity contribution in [2.45, 2.75) is 25.8 Å². The van der Waals surface area contributed by atoms with Crippen LogP contribution in [0.5, 0.6) is 5.75 Å². The van der Waals surface area contributed by atoms with Crippen molar-refractivity contribution in [2.75, 3.05) is 31.9 Å². The number of aldehydes is 1. The van der Waals surface area contributed by atoms with Gasteiger partial charge in [-0.05, 0) is 31.9 Å². The summed E-state index contributed by atoms with van der Waals surface area (Å²) in [6.45, 7) is 3.47. The molecule has 8 heteroatoms. The van der Waals surface area contributed by atoms with Crippen LogP contribution in [0, 0.1) is 5.82 Å². The van der Waals surface area contributed by atoms with Crippen molar-refractivity contribution in [3.05, 3.63) is 47.8 Å². The van der Waals surface area contributed by atoms with Gasteiger partial charge in [0.2, 0.25) is 0 Å². The van der Waals surface area contributed by atoms with E-state index in [1.165, 1.54) is 6.07 Å². The first kappa shape index (κ1) is 21.1. The van der Waals surface area contributed by atoms with Crippen LogP contribution in [0.15, 0.2) is 36.4 Å². The van der Waals surface area contributed by atoms with Crippen LogP contribution >= 0.6 is 0 Å². The molecule has 7 nitrogen and oxygen atoms in total. The van der Waals surface area contributed by atoms with E-state index in [0.29, 0.717) is 36.6 Å². The highest BCUT2D eigenvalue weighted by Gasteiger charge is 2.21. The van der Waals surface area contributed by atoms with Gasteiger partial charge < -0.3 is 19.5 Å². The number of benzene rings is 2. The minimum Gasteiger partial charge on any atom is -0.464 e. The largest absolute Gasteiger partial charge is 0.464 e. The van der Waals surface area contributed by atoms with Gasteiger partial charge in [0.1, 0.15) is 5.69 Å². The summed E-state index contributed by atoms with van der Waals surface area (Å²) >= 11 is 0. The first-order valence-electron chi connectivity index (χ1n) is 10.3.